The number of hydrogen-bond acceptors (Lipinski definition) is 2. The Kier molecular flexibility index (Phi) is 3.90. The number of carbonyl (C=O) groups is 1. The summed E-state index contributed by atoms with van der Waals surface area (Å²) in [5, 5.41) is 8.69. The Morgan fingerprint density at radius 1 is 1.47 bits per heavy atom. The smallest absolute Gasteiger partial charge is 0.253 e. The molecule has 0 unspecified atom stereocenters. The van der Waals surface area contributed by atoms with Gasteiger partial charge in [0, 0.05) is 24.7 Å². The van der Waals surface area contributed by atoms with Gasteiger partial charge in [0.05, 0.1) is 6.61 Å². The minimum atomic E-state index is -0.118. The summed E-state index contributed by atoms with van der Waals surface area (Å²) in [6, 6.07) is 6.82. The lowest BCUT2D eigenvalue weighted by Gasteiger charge is -2.15. The molecule has 0 radical (unpaired) electrons. The summed E-state index contributed by atoms with van der Waals surface area (Å²) in [5.74, 6) is 2.36. The van der Waals surface area contributed by atoms with Crippen LogP contribution >= 0.6 is 0 Å². The number of aliphatic hydroxyl groups is 1. The standard InChI is InChI=1S/C12H13NO2/c1-3-10-4-6-11(7-5-10)12(15)13(2)8-9-14/h1,4-7,14H,8-9H2,2H3. The van der Waals surface area contributed by atoms with E-state index < -0.39 is 0 Å². The predicted octanol–water partition coefficient (Wildman–Crippen LogP) is 0.732. The Labute approximate surface area is 89.3 Å². The van der Waals surface area contributed by atoms with E-state index in [0.717, 1.165) is 5.56 Å². The number of hydrogen-bond donors (Lipinski definition) is 1. The van der Waals surface area contributed by atoms with E-state index >= 15 is 0 Å². The van der Waals surface area contributed by atoms with E-state index in [1.54, 1.807) is 31.3 Å². The van der Waals surface area contributed by atoms with Gasteiger partial charge in [0.25, 0.3) is 5.91 Å². The van der Waals surface area contributed by atoms with Gasteiger partial charge in [0.2, 0.25) is 0 Å². The van der Waals surface area contributed by atoms with E-state index in [-0.39, 0.29) is 12.5 Å². The fourth-order valence-electron chi connectivity index (χ4n) is 1.18. The summed E-state index contributed by atoms with van der Waals surface area (Å²) >= 11 is 0. The van der Waals surface area contributed by atoms with Crippen molar-refractivity contribution in [2.75, 3.05) is 20.2 Å². The van der Waals surface area contributed by atoms with Crippen molar-refractivity contribution >= 4 is 5.91 Å². The van der Waals surface area contributed by atoms with Crippen molar-refractivity contribution in [2.45, 2.75) is 0 Å². The van der Waals surface area contributed by atoms with Crippen molar-refractivity contribution in [1.29, 1.82) is 0 Å². The molecule has 0 atom stereocenters. The van der Waals surface area contributed by atoms with E-state index in [1.807, 2.05) is 0 Å². The zero-order valence-electron chi connectivity index (χ0n) is 8.60. The van der Waals surface area contributed by atoms with E-state index in [0.29, 0.717) is 12.1 Å². The largest absolute Gasteiger partial charge is 0.395 e. The Balaban J connectivity index is 2.79. The highest BCUT2D eigenvalue weighted by Crippen LogP contribution is 2.05. The second-order valence-corrected chi connectivity index (χ2v) is 3.17. The van der Waals surface area contributed by atoms with Crippen molar-refractivity contribution in [3.05, 3.63) is 35.4 Å². The Morgan fingerprint density at radius 2 is 2.07 bits per heavy atom. The Bertz CT molecular complexity index is 376. The molecule has 78 valence electrons. The van der Waals surface area contributed by atoms with Crippen LogP contribution in [0, 0.1) is 12.3 Å². The molecule has 3 heteroatoms. The number of terminal acetylenes is 1. The van der Waals surface area contributed by atoms with Crippen molar-refractivity contribution in [3.8, 4) is 12.3 Å². The van der Waals surface area contributed by atoms with Crippen LogP contribution in [0.3, 0.4) is 0 Å². The third-order valence-corrected chi connectivity index (χ3v) is 2.08. The number of amides is 1. The first-order valence-electron chi connectivity index (χ1n) is 4.62. The van der Waals surface area contributed by atoms with Gasteiger partial charge in [-0.25, -0.2) is 0 Å². The van der Waals surface area contributed by atoms with Crippen LogP contribution in [0.15, 0.2) is 24.3 Å². The maximum Gasteiger partial charge on any atom is 0.253 e. The summed E-state index contributed by atoms with van der Waals surface area (Å²) in [7, 11) is 1.65. The molecule has 15 heavy (non-hydrogen) atoms. The minimum absolute atomic E-state index is 0.0370. The SMILES string of the molecule is C#Cc1ccc(C(=O)N(C)CCO)cc1. The predicted molar refractivity (Wildman–Crippen MR) is 58.4 cm³/mol. The first-order valence-corrected chi connectivity index (χ1v) is 4.62. The molecule has 1 N–H and O–H groups in total. The Hall–Kier alpha value is -1.79. The summed E-state index contributed by atoms with van der Waals surface area (Å²) in [6.07, 6.45) is 5.21. The molecular weight excluding hydrogens is 190 g/mol. The summed E-state index contributed by atoms with van der Waals surface area (Å²) in [5.41, 5.74) is 1.32. The zero-order valence-corrected chi connectivity index (χ0v) is 8.60. The lowest BCUT2D eigenvalue weighted by atomic mass is 10.1. The first kappa shape index (κ1) is 11.3. The molecule has 0 saturated heterocycles. The van der Waals surface area contributed by atoms with Crippen molar-refractivity contribution in [3.63, 3.8) is 0 Å². The van der Waals surface area contributed by atoms with E-state index in [9.17, 15) is 4.79 Å². The summed E-state index contributed by atoms with van der Waals surface area (Å²) in [6.45, 7) is 0.292. The maximum absolute atomic E-state index is 11.7. The number of benzene rings is 1. The molecule has 0 fully saturated rings. The molecular formula is C12H13NO2. The number of carbonyl (C=O) groups excluding carboxylic acids is 1. The first-order chi connectivity index (χ1) is 7.19. The Morgan fingerprint density at radius 3 is 2.53 bits per heavy atom. The van der Waals surface area contributed by atoms with Crippen LogP contribution in [0.2, 0.25) is 0 Å². The van der Waals surface area contributed by atoms with Crippen molar-refractivity contribution in [2.24, 2.45) is 0 Å². The van der Waals surface area contributed by atoms with Crippen LogP contribution in [0.1, 0.15) is 15.9 Å². The number of aliphatic hydroxyl groups excluding tert-OH is 1. The second kappa shape index (κ2) is 5.18. The third kappa shape index (κ3) is 2.83. The van der Waals surface area contributed by atoms with Gasteiger partial charge in [0.15, 0.2) is 0 Å². The summed E-state index contributed by atoms with van der Waals surface area (Å²) < 4.78 is 0. The quantitative estimate of drug-likeness (QED) is 0.736. The van der Waals surface area contributed by atoms with Crippen molar-refractivity contribution in [1.82, 2.24) is 4.90 Å². The van der Waals surface area contributed by atoms with Crippen LogP contribution in [0.4, 0.5) is 0 Å². The summed E-state index contributed by atoms with van der Waals surface area (Å²) in [4.78, 5) is 13.2. The monoisotopic (exact) mass is 203 g/mol. The van der Waals surface area contributed by atoms with Gasteiger partial charge in [-0.3, -0.25) is 4.79 Å². The molecule has 1 rings (SSSR count). The van der Waals surface area contributed by atoms with E-state index in [1.165, 1.54) is 4.90 Å². The highest BCUT2D eigenvalue weighted by Gasteiger charge is 2.09. The molecule has 0 aliphatic heterocycles. The van der Waals surface area contributed by atoms with Crippen LogP contribution in [0.25, 0.3) is 0 Å². The number of nitrogens with zero attached hydrogens (tertiary/aromatic N) is 1. The normalized spacial score (nSPS) is 9.40. The topological polar surface area (TPSA) is 40.5 Å². The molecule has 0 saturated carbocycles. The van der Waals surface area contributed by atoms with E-state index in [2.05, 4.69) is 5.92 Å². The molecule has 0 aromatic heterocycles. The van der Waals surface area contributed by atoms with E-state index in [4.69, 9.17) is 11.5 Å². The molecule has 0 heterocycles. The molecule has 0 aliphatic rings. The number of rotatable bonds is 3. The van der Waals surface area contributed by atoms with Gasteiger partial charge in [-0.15, -0.1) is 6.42 Å². The number of likely N-dealkylation sites (N-methyl/N-ethyl adjacent to an activating group) is 1. The van der Waals surface area contributed by atoms with Gasteiger partial charge in [-0.05, 0) is 24.3 Å². The molecule has 1 amide bonds. The van der Waals surface area contributed by atoms with Crippen LogP contribution in [-0.4, -0.2) is 36.1 Å². The molecule has 1 aromatic rings. The fourth-order valence-corrected chi connectivity index (χ4v) is 1.18. The van der Waals surface area contributed by atoms with Crippen LogP contribution in [0.5, 0.6) is 0 Å². The average molecular weight is 203 g/mol. The van der Waals surface area contributed by atoms with Gasteiger partial charge in [-0.1, -0.05) is 5.92 Å². The lowest BCUT2D eigenvalue weighted by Crippen LogP contribution is -2.29. The van der Waals surface area contributed by atoms with Gasteiger partial charge >= 0.3 is 0 Å². The van der Waals surface area contributed by atoms with Gasteiger partial charge in [-0.2, -0.15) is 0 Å². The van der Waals surface area contributed by atoms with Crippen molar-refractivity contribution < 1.29 is 9.90 Å². The maximum atomic E-state index is 11.7. The van der Waals surface area contributed by atoms with Crippen LogP contribution in [-0.2, 0) is 0 Å². The molecule has 0 spiro atoms. The van der Waals surface area contributed by atoms with Gasteiger partial charge in [0.1, 0.15) is 0 Å². The molecule has 0 aliphatic carbocycles. The third-order valence-electron chi connectivity index (χ3n) is 2.08. The lowest BCUT2D eigenvalue weighted by molar-refractivity contribution is 0.0767. The zero-order chi connectivity index (χ0) is 11.3. The van der Waals surface area contributed by atoms with Gasteiger partial charge < -0.3 is 10.0 Å². The molecule has 1 aromatic carbocycles. The molecule has 0 bridgehead atoms. The van der Waals surface area contributed by atoms with Crippen LogP contribution < -0.4 is 0 Å². The second-order valence-electron chi connectivity index (χ2n) is 3.17. The minimum Gasteiger partial charge on any atom is -0.395 e. The average Bonchev–Trinajstić information content (AvgIpc) is 2.28. The highest BCUT2D eigenvalue weighted by atomic mass is 16.3. The highest BCUT2D eigenvalue weighted by molar-refractivity contribution is 5.94. The molecule has 3 nitrogen and oxygen atoms in total. The fraction of sp³-hybridized carbons (Fsp3) is 0.250.